The van der Waals surface area contributed by atoms with Crippen LogP contribution in [-0.2, 0) is 4.79 Å². The zero-order chi connectivity index (χ0) is 15.6. The molecule has 6 nitrogen and oxygen atoms in total. The maximum absolute atomic E-state index is 12.4. The molecule has 2 atom stereocenters. The van der Waals surface area contributed by atoms with Crippen LogP contribution in [0.15, 0.2) is 24.4 Å². The van der Waals surface area contributed by atoms with E-state index in [1.165, 1.54) is 0 Å². The fraction of sp³-hybridized carbons (Fsp3) is 0.357. The largest absolute Gasteiger partial charge is 0.368 e. The van der Waals surface area contributed by atoms with Gasteiger partial charge in [-0.2, -0.15) is 0 Å². The minimum absolute atomic E-state index is 0.0654. The van der Waals surface area contributed by atoms with E-state index in [1.807, 2.05) is 13.8 Å². The van der Waals surface area contributed by atoms with Crippen molar-refractivity contribution in [3.8, 4) is 0 Å². The smallest absolute Gasteiger partial charge is 0.272 e. The highest BCUT2D eigenvalue weighted by molar-refractivity contribution is 6.32. The van der Waals surface area contributed by atoms with Crippen LogP contribution in [0.2, 0.25) is 5.15 Å². The average Bonchev–Trinajstić information content (AvgIpc) is 2.79. The maximum Gasteiger partial charge on any atom is 0.272 e. The lowest BCUT2D eigenvalue weighted by Crippen LogP contribution is -2.48. The number of nitrogens with one attached hydrogen (secondary N) is 1. The first kappa shape index (κ1) is 15.3. The molecule has 3 N–H and O–H groups in total. The van der Waals surface area contributed by atoms with Crippen molar-refractivity contribution in [1.29, 1.82) is 0 Å². The van der Waals surface area contributed by atoms with Crippen LogP contribution in [0.4, 0.5) is 0 Å². The Kier molecular flexibility index (Phi) is 4.47. The van der Waals surface area contributed by atoms with Crippen molar-refractivity contribution in [2.24, 2.45) is 11.7 Å². The molecule has 21 heavy (non-hydrogen) atoms. The summed E-state index contributed by atoms with van der Waals surface area (Å²) in [5.41, 5.74) is 6.11. The van der Waals surface area contributed by atoms with Gasteiger partial charge in [-0.1, -0.05) is 37.9 Å². The van der Waals surface area contributed by atoms with Gasteiger partial charge in [-0.3, -0.25) is 14.0 Å². The third kappa shape index (κ3) is 3.00. The van der Waals surface area contributed by atoms with Gasteiger partial charge in [0.2, 0.25) is 5.91 Å². The number of carbonyl (C=O) groups is 2. The van der Waals surface area contributed by atoms with Crippen LogP contribution in [0.1, 0.15) is 30.8 Å². The van der Waals surface area contributed by atoms with E-state index in [-0.39, 0.29) is 16.8 Å². The van der Waals surface area contributed by atoms with Gasteiger partial charge in [0, 0.05) is 6.20 Å². The molecule has 112 valence electrons. The van der Waals surface area contributed by atoms with E-state index in [4.69, 9.17) is 17.3 Å². The molecule has 2 aromatic rings. The number of halogens is 1. The van der Waals surface area contributed by atoms with Crippen LogP contribution in [0.5, 0.6) is 0 Å². The highest BCUT2D eigenvalue weighted by Gasteiger charge is 2.26. The molecule has 0 aliphatic carbocycles. The molecule has 0 spiro atoms. The number of amides is 2. The van der Waals surface area contributed by atoms with Crippen molar-refractivity contribution >= 4 is 29.1 Å². The molecular formula is C14H17ClN4O2. The minimum Gasteiger partial charge on any atom is -0.368 e. The average molecular weight is 309 g/mol. The molecule has 0 saturated carbocycles. The lowest BCUT2D eigenvalue weighted by Gasteiger charge is -2.21. The Morgan fingerprint density at radius 1 is 1.48 bits per heavy atom. The number of hydrogen-bond acceptors (Lipinski definition) is 3. The lowest BCUT2D eigenvalue weighted by atomic mass is 9.98. The van der Waals surface area contributed by atoms with Crippen LogP contribution in [-0.4, -0.2) is 27.2 Å². The number of primary amides is 1. The summed E-state index contributed by atoms with van der Waals surface area (Å²) in [5, 5.41) is 2.73. The van der Waals surface area contributed by atoms with Crippen molar-refractivity contribution in [2.75, 3.05) is 0 Å². The van der Waals surface area contributed by atoms with Crippen molar-refractivity contribution in [2.45, 2.75) is 26.3 Å². The summed E-state index contributed by atoms with van der Waals surface area (Å²) >= 11 is 6.03. The monoisotopic (exact) mass is 308 g/mol. The minimum atomic E-state index is -0.743. The molecule has 2 rings (SSSR count). The Morgan fingerprint density at radius 3 is 2.81 bits per heavy atom. The third-order valence-corrected chi connectivity index (χ3v) is 3.77. The summed E-state index contributed by atoms with van der Waals surface area (Å²) in [4.78, 5) is 28.0. The molecule has 2 unspecified atom stereocenters. The standard InChI is InChI=1S/C14H17ClN4O2/c1-3-8(2)10(13(16)20)18-14(21)11-12(15)17-9-6-4-5-7-19(9)11/h4-8,10H,3H2,1-2H3,(H2,16,20)(H,18,21). The SMILES string of the molecule is CCC(C)C(NC(=O)c1c(Cl)nc2ccccn12)C(N)=O. The lowest BCUT2D eigenvalue weighted by molar-refractivity contribution is -0.120. The van der Waals surface area contributed by atoms with Crippen molar-refractivity contribution in [3.63, 3.8) is 0 Å². The van der Waals surface area contributed by atoms with Gasteiger partial charge in [0.05, 0.1) is 0 Å². The molecule has 2 aromatic heterocycles. The number of nitrogens with zero attached hydrogens (tertiary/aromatic N) is 2. The topological polar surface area (TPSA) is 89.5 Å². The Morgan fingerprint density at radius 2 is 2.19 bits per heavy atom. The number of hydrogen-bond donors (Lipinski definition) is 2. The summed E-state index contributed by atoms with van der Waals surface area (Å²) < 4.78 is 1.58. The van der Waals surface area contributed by atoms with Gasteiger partial charge in [0.15, 0.2) is 10.8 Å². The first-order chi connectivity index (χ1) is 9.95. The normalized spacial score (nSPS) is 13.9. The van der Waals surface area contributed by atoms with E-state index < -0.39 is 17.9 Å². The second-order valence-corrected chi connectivity index (χ2v) is 5.28. The zero-order valence-electron chi connectivity index (χ0n) is 11.8. The number of carbonyl (C=O) groups excluding carboxylic acids is 2. The highest BCUT2D eigenvalue weighted by atomic mass is 35.5. The summed E-state index contributed by atoms with van der Waals surface area (Å²) in [6, 6.07) is 4.56. The summed E-state index contributed by atoms with van der Waals surface area (Å²) in [6.45, 7) is 3.78. The fourth-order valence-electron chi connectivity index (χ4n) is 2.11. The van der Waals surface area contributed by atoms with Gasteiger partial charge < -0.3 is 11.1 Å². The van der Waals surface area contributed by atoms with Crippen LogP contribution in [0, 0.1) is 5.92 Å². The maximum atomic E-state index is 12.4. The predicted octanol–water partition coefficient (Wildman–Crippen LogP) is 1.62. The molecule has 0 radical (unpaired) electrons. The molecular weight excluding hydrogens is 292 g/mol. The summed E-state index contributed by atoms with van der Waals surface area (Å²) in [5.74, 6) is -1.10. The van der Waals surface area contributed by atoms with E-state index >= 15 is 0 Å². The van der Waals surface area contributed by atoms with Gasteiger partial charge in [0.25, 0.3) is 5.91 Å². The van der Waals surface area contributed by atoms with E-state index in [0.717, 1.165) is 6.42 Å². The summed E-state index contributed by atoms with van der Waals surface area (Å²) in [6.07, 6.45) is 2.40. The van der Waals surface area contributed by atoms with Crippen molar-refractivity contribution < 1.29 is 9.59 Å². The van der Waals surface area contributed by atoms with E-state index in [1.54, 1.807) is 28.8 Å². The zero-order valence-corrected chi connectivity index (χ0v) is 12.6. The molecule has 7 heteroatoms. The van der Waals surface area contributed by atoms with E-state index in [2.05, 4.69) is 10.3 Å². The fourth-order valence-corrected chi connectivity index (χ4v) is 2.37. The number of nitrogens with two attached hydrogens (primary N) is 1. The molecule has 0 aliphatic heterocycles. The van der Waals surface area contributed by atoms with Crippen LogP contribution >= 0.6 is 11.6 Å². The number of pyridine rings is 1. The van der Waals surface area contributed by atoms with Crippen LogP contribution in [0.3, 0.4) is 0 Å². The highest BCUT2D eigenvalue weighted by Crippen LogP contribution is 2.18. The van der Waals surface area contributed by atoms with Crippen LogP contribution < -0.4 is 11.1 Å². The Balaban J connectivity index is 2.34. The molecule has 2 amide bonds. The number of rotatable bonds is 5. The van der Waals surface area contributed by atoms with Gasteiger partial charge in [-0.05, 0) is 18.1 Å². The first-order valence-corrected chi connectivity index (χ1v) is 7.06. The molecule has 0 saturated heterocycles. The molecule has 0 aromatic carbocycles. The molecule has 0 bridgehead atoms. The van der Waals surface area contributed by atoms with Gasteiger partial charge >= 0.3 is 0 Å². The van der Waals surface area contributed by atoms with Crippen molar-refractivity contribution in [1.82, 2.24) is 14.7 Å². The van der Waals surface area contributed by atoms with E-state index in [0.29, 0.717) is 5.65 Å². The van der Waals surface area contributed by atoms with Gasteiger partial charge in [0.1, 0.15) is 11.7 Å². The Hall–Kier alpha value is -2.08. The molecule has 2 heterocycles. The van der Waals surface area contributed by atoms with Gasteiger partial charge in [-0.25, -0.2) is 4.98 Å². The number of aromatic nitrogens is 2. The number of fused-ring (bicyclic) bond motifs is 1. The second-order valence-electron chi connectivity index (χ2n) is 4.92. The quantitative estimate of drug-likeness (QED) is 0.879. The van der Waals surface area contributed by atoms with E-state index in [9.17, 15) is 9.59 Å². The molecule has 0 fully saturated rings. The van der Waals surface area contributed by atoms with Gasteiger partial charge in [-0.15, -0.1) is 0 Å². The Bertz CT molecular complexity index is 683. The predicted molar refractivity (Wildman–Crippen MR) is 80.1 cm³/mol. The first-order valence-electron chi connectivity index (χ1n) is 6.68. The van der Waals surface area contributed by atoms with Crippen LogP contribution in [0.25, 0.3) is 5.65 Å². The number of imidazole rings is 1. The summed E-state index contributed by atoms with van der Waals surface area (Å²) in [7, 11) is 0. The second kappa shape index (κ2) is 6.13. The molecule has 0 aliphatic rings. The Labute approximate surface area is 127 Å². The third-order valence-electron chi connectivity index (χ3n) is 3.51. The van der Waals surface area contributed by atoms with Crippen molar-refractivity contribution in [3.05, 3.63) is 35.2 Å².